The van der Waals surface area contributed by atoms with Crippen LogP contribution in [0.5, 0.6) is 11.5 Å². The number of benzene rings is 2. The van der Waals surface area contributed by atoms with Crippen LogP contribution in [0.2, 0.25) is 0 Å². The third kappa shape index (κ3) is 6.10. The van der Waals surface area contributed by atoms with Crippen molar-refractivity contribution < 1.29 is 13.9 Å². The summed E-state index contributed by atoms with van der Waals surface area (Å²) in [6.07, 6.45) is 0.934. The average Bonchev–Trinajstić information content (AvgIpc) is 2.65. The van der Waals surface area contributed by atoms with Crippen LogP contribution >= 0.6 is 12.4 Å². The molecule has 26 heavy (non-hydrogen) atoms. The lowest BCUT2D eigenvalue weighted by molar-refractivity contribution is 0.294. The summed E-state index contributed by atoms with van der Waals surface area (Å²) < 4.78 is 16.4. The quantitative estimate of drug-likeness (QED) is 0.457. The zero-order valence-electron chi connectivity index (χ0n) is 14.4. The highest BCUT2D eigenvalue weighted by molar-refractivity contribution is 5.85. The molecule has 0 spiro atoms. The zero-order valence-corrected chi connectivity index (χ0v) is 15.2. The first-order valence-corrected chi connectivity index (χ1v) is 8.36. The lowest BCUT2D eigenvalue weighted by Gasteiger charge is -2.09. The van der Waals surface area contributed by atoms with E-state index >= 15 is 0 Å². The maximum atomic E-state index is 11.2. The van der Waals surface area contributed by atoms with E-state index in [1.165, 1.54) is 6.07 Å². The molecule has 5 nitrogen and oxygen atoms in total. The highest BCUT2D eigenvalue weighted by Crippen LogP contribution is 2.19. The van der Waals surface area contributed by atoms with Crippen molar-refractivity contribution in [3.63, 3.8) is 0 Å². The van der Waals surface area contributed by atoms with Gasteiger partial charge < -0.3 is 19.2 Å². The number of halogens is 1. The van der Waals surface area contributed by atoms with Crippen molar-refractivity contribution >= 4 is 23.4 Å². The van der Waals surface area contributed by atoms with Crippen LogP contribution in [0.3, 0.4) is 0 Å². The molecule has 0 atom stereocenters. The van der Waals surface area contributed by atoms with Gasteiger partial charge >= 0.3 is 5.63 Å². The van der Waals surface area contributed by atoms with E-state index < -0.39 is 0 Å². The Morgan fingerprint density at radius 2 is 1.65 bits per heavy atom. The minimum absolute atomic E-state index is 0. The first-order valence-electron chi connectivity index (χ1n) is 8.36. The maximum Gasteiger partial charge on any atom is 0.336 e. The zero-order chi connectivity index (χ0) is 17.3. The Balaban J connectivity index is 0.00000243. The number of para-hydroxylation sites is 1. The van der Waals surface area contributed by atoms with Gasteiger partial charge in [-0.25, -0.2) is 4.79 Å². The highest BCUT2D eigenvalue weighted by Gasteiger charge is 2.00. The van der Waals surface area contributed by atoms with E-state index in [2.05, 4.69) is 5.32 Å². The van der Waals surface area contributed by atoms with E-state index in [0.29, 0.717) is 18.8 Å². The van der Waals surface area contributed by atoms with Crippen molar-refractivity contribution in [3.05, 3.63) is 71.1 Å². The smallest absolute Gasteiger partial charge is 0.336 e. The van der Waals surface area contributed by atoms with E-state index in [1.807, 2.05) is 36.4 Å². The van der Waals surface area contributed by atoms with Crippen molar-refractivity contribution in [1.82, 2.24) is 5.32 Å². The third-order valence-electron chi connectivity index (χ3n) is 3.65. The van der Waals surface area contributed by atoms with E-state index in [-0.39, 0.29) is 18.0 Å². The molecule has 0 aliphatic carbocycles. The Morgan fingerprint density at radius 1 is 0.846 bits per heavy atom. The molecule has 0 amide bonds. The molecular weight excluding hydrogens is 354 g/mol. The summed E-state index contributed by atoms with van der Waals surface area (Å²) in [4.78, 5) is 11.2. The topological polar surface area (TPSA) is 60.7 Å². The molecule has 6 heteroatoms. The SMILES string of the molecule is Cl.O=c1ccc2cc(OCCNCCCOc3ccccc3)ccc2o1. The van der Waals surface area contributed by atoms with Crippen molar-refractivity contribution in [2.75, 3.05) is 26.3 Å². The average molecular weight is 376 g/mol. The first-order chi connectivity index (χ1) is 12.3. The number of nitrogens with one attached hydrogen (secondary N) is 1. The molecule has 1 heterocycles. The van der Waals surface area contributed by atoms with Crippen LogP contribution in [0.15, 0.2) is 69.9 Å². The monoisotopic (exact) mass is 375 g/mol. The highest BCUT2D eigenvalue weighted by atomic mass is 35.5. The molecule has 0 unspecified atom stereocenters. The van der Waals surface area contributed by atoms with Crippen LogP contribution in [-0.2, 0) is 0 Å². The summed E-state index contributed by atoms with van der Waals surface area (Å²) in [6, 6.07) is 18.4. The van der Waals surface area contributed by atoms with Crippen LogP contribution in [0.1, 0.15) is 6.42 Å². The molecule has 0 aliphatic rings. The second kappa shape index (κ2) is 10.5. The number of hydrogen-bond donors (Lipinski definition) is 1. The summed E-state index contributed by atoms with van der Waals surface area (Å²) in [5, 5.41) is 4.17. The molecule has 3 rings (SSSR count). The van der Waals surface area contributed by atoms with Gasteiger partial charge in [0.2, 0.25) is 0 Å². The fraction of sp³-hybridized carbons (Fsp3) is 0.250. The predicted octanol–water partition coefficient (Wildman–Crippen LogP) is 3.65. The van der Waals surface area contributed by atoms with E-state index in [4.69, 9.17) is 13.9 Å². The summed E-state index contributed by atoms with van der Waals surface area (Å²) in [5.41, 5.74) is 0.220. The third-order valence-corrected chi connectivity index (χ3v) is 3.65. The normalized spacial score (nSPS) is 10.3. The van der Waals surface area contributed by atoms with Crippen molar-refractivity contribution in [2.24, 2.45) is 0 Å². The van der Waals surface area contributed by atoms with Gasteiger partial charge in [-0.2, -0.15) is 0 Å². The summed E-state index contributed by atoms with van der Waals surface area (Å²) in [6.45, 7) is 2.89. The van der Waals surface area contributed by atoms with Crippen LogP contribution in [0, 0.1) is 0 Å². The van der Waals surface area contributed by atoms with Gasteiger partial charge in [0.05, 0.1) is 6.61 Å². The Kier molecular flexibility index (Phi) is 7.99. The van der Waals surface area contributed by atoms with Crippen molar-refractivity contribution in [1.29, 1.82) is 0 Å². The molecule has 0 aliphatic heterocycles. The maximum absolute atomic E-state index is 11.2. The molecule has 2 aromatic carbocycles. The van der Waals surface area contributed by atoms with E-state index in [0.717, 1.165) is 36.4 Å². The van der Waals surface area contributed by atoms with Gasteiger partial charge in [0, 0.05) is 18.0 Å². The molecule has 138 valence electrons. The second-order valence-corrected chi connectivity index (χ2v) is 5.57. The van der Waals surface area contributed by atoms with Gasteiger partial charge in [0.15, 0.2) is 0 Å². The molecule has 0 saturated heterocycles. The Morgan fingerprint density at radius 3 is 2.50 bits per heavy atom. The number of hydrogen-bond acceptors (Lipinski definition) is 5. The standard InChI is InChI=1S/C20H21NO4.ClH/c22-20-10-7-16-15-18(8-9-19(16)25-20)24-14-12-21-11-4-13-23-17-5-2-1-3-6-17;/h1-3,5-10,15,21H,4,11-14H2;1H. The van der Waals surface area contributed by atoms with Crippen LogP contribution in [0.4, 0.5) is 0 Å². The molecule has 0 saturated carbocycles. The van der Waals surface area contributed by atoms with Gasteiger partial charge in [-0.3, -0.25) is 0 Å². The number of rotatable bonds is 9. The van der Waals surface area contributed by atoms with Gasteiger partial charge in [-0.15, -0.1) is 12.4 Å². The summed E-state index contributed by atoms with van der Waals surface area (Å²) in [7, 11) is 0. The Bertz CT molecular complexity index is 851. The molecule has 0 radical (unpaired) electrons. The minimum Gasteiger partial charge on any atom is -0.494 e. The van der Waals surface area contributed by atoms with Gasteiger partial charge in [0.25, 0.3) is 0 Å². The van der Waals surface area contributed by atoms with Gasteiger partial charge in [-0.1, -0.05) is 18.2 Å². The van der Waals surface area contributed by atoms with Gasteiger partial charge in [0.1, 0.15) is 23.7 Å². The fourth-order valence-corrected chi connectivity index (χ4v) is 2.41. The predicted molar refractivity (Wildman–Crippen MR) is 105 cm³/mol. The summed E-state index contributed by atoms with van der Waals surface area (Å²) in [5.74, 6) is 1.66. The largest absolute Gasteiger partial charge is 0.494 e. The fourth-order valence-electron chi connectivity index (χ4n) is 2.41. The Labute approximate surface area is 158 Å². The Hall–Kier alpha value is -2.50. The molecule has 1 aromatic heterocycles. The molecule has 3 aromatic rings. The van der Waals surface area contributed by atoms with Crippen LogP contribution < -0.4 is 20.4 Å². The van der Waals surface area contributed by atoms with Crippen LogP contribution in [0.25, 0.3) is 11.0 Å². The molecule has 1 N–H and O–H groups in total. The lowest BCUT2D eigenvalue weighted by atomic mass is 10.2. The number of fused-ring (bicyclic) bond motifs is 1. The van der Waals surface area contributed by atoms with Crippen molar-refractivity contribution in [2.45, 2.75) is 6.42 Å². The van der Waals surface area contributed by atoms with E-state index in [9.17, 15) is 4.79 Å². The molecule has 0 fully saturated rings. The molecule has 0 bridgehead atoms. The molecular formula is C20H22ClNO4. The lowest BCUT2D eigenvalue weighted by Crippen LogP contribution is -2.23. The van der Waals surface area contributed by atoms with Gasteiger partial charge in [-0.05, 0) is 49.4 Å². The first kappa shape index (κ1) is 19.8. The minimum atomic E-state index is -0.346. The number of ether oxygens (including phenoxy) is 2. The van der Waals surface area contributed by atoms with E-state index in [1.54, 1.807) is 18.2 Å². The van der Waals surface area contributed by atoms with Crippen molar-refractivity contribution in [3.8, 4) is 11.5 Å². The van der Waals surface area contributed by atoms with Crippen LogP contribution in [-0.4, -0.2) is 26.3 Å². The second-order valence-electron chi connectivity index (χ2n) is 5.57. The summed E-state index contributed by atoms with van der Waals surface area (Å²) >= 11 is 0.